The van der Waals surface area contributed by atoms with Crippen molar-refractivity contribution < 1.29 is 14.2 Å². The van der Waals surface area contributed by atoms with Crippen molar-refractivity contribution in [1.29, 1.82) is 0 Å². The highest BCUT2D eigenvalue weighted by atomic mass is 19.1. The third-order valence-electron chi connectivity index (χ3n) is 1.51. The van der Waals surface area contributed by atoms with Crippen LogP contribution in [0.2, 0.25) is 0 Å². The number of halogens is 1. The molecule has 0 aliphatic heterocycles. The van der Waals surface area contributed by atoms with Crippen LogP contribution in [0.25, 0.3) is 0 Å². The molecule has 0 saturated carbocycles. The number of rotatable bonds is 3. The molecule has 1 aromatic rings. The summed E-state index contributed by atoms with van der Waals surface area (Å²) in [6.45, 7) is -0.0793. The molecule has 1 heterocycles. The number of aliphatic hydroxyl groups excluding tert-OH is 1. The first kappa shape index (κ1) is 8.93. The normalized spacial score (nSPS) is 9.92. The van der Waals surface area contributed by atoms with Gasteiger partial charge in [-0.2, -0.15) is 0 Å². The summed E-state index contributed by atoms with van der Waals surface area (Å²) in [4.78, 5) is 3.66. The quantitative estimate of drug-likeness (QED) is 0.730. The maximum atomic E-state index is 13.2. The average molecular weight is 171 g/mol. The van der Waals surface area contributed by atoms with Gasteiger partial charge in [-0.05, 0) is 18.1 Å². The lowest BCUT2D eigenvalue weighted by Gasteiger charge is -2.03. The molecule has 0 spiro atoms. The Balaban J connectivity index is 2.97. The van der Waals surface area contributed by atoms with Crippen molar-refractivity contribution in [2.45, 2.75) is 6.42 Å². The largest absolute Gasteiger partial charge is 0.479 e. The molecule has 1 rings (SSSR count). The minimum Gasteiger partial charge on any atom is -0.479 e. The number of aromatic nitrogens is 1. The monoisotopic (exact) mass is 171 g/mol. The number of nitrogens with zero attached hydrogens (tertiary/aromatic N) is 1. The van der Waals surface area contributed by atoms with Crippen LogP contribution in [0.1, 0.15) is 5.56 Å². The molecule has 0 saturated heterocycles. The number of pyridine rings is 1. The molecule has 1 N–H and O–H groups in total. The minimum absolute atomic E-state index is 0.0269. The van der Waals surface area contributed by atoms with Crippen LogP contribution in [-0.2, 0) is 6.42 Å². The Bertz CT molecular complexity index is 265. The van der Waals surface area contributed by atoms with Crippen LogP contribution in [0.3, 0.4) is 0 Å². The Morgan fingerprint density at radius 2 is 2.42 bits per heavy atom. The van der Waals surface area contributed by atoms with Gasteiger partial charge in [0, 0.05) is 12.8 Å². The van der Waals surface area contributed by atoms with Gasteiger partial charge < -0.3 is 9.84 Å². The molecule has 0 aliphatic rings. The highest BCUT2D eigenvalue weighted by Crippen LogP contribution is 2.16. The first-order valence-corrected chi connectivity index (χ1v) is 3.57. The topological polar surface area (TPSA) is 42.4 Å². The number of hydrogen-bond donors (Lipinski definition) is 1. The molecular formula is C8H10FNO2. The number of methoxy groups -OCH3 is 1. The van der Waals surface area contributed by atoms with Crippen molar-refractivity contribution in [3.8, 4) is 5.88 Å². The van der Waals surface area contributed by atoms with E-state index in [9.17, 15) is 4.39 Å². The van der Waals surface area contributed by atoms with Crippen molar-refractivity contribution in [1.82, 2.24) is 4.98 Å². The molecule has 0 atom stereocenters. The van der Waals surface area contributed by atoms with Crippen LogP contribution < -0.4 is 4.74 Å². The summed E-state index contributed by atoms with van der Waals surface area (Å²) < 4.78 is 17.8. The summed E-state index contributed by atoms with van der Waals surface area (Å²) in [5.74, 6) is -0.519. The summed E-state index contributed by atoms with van der Waals surface area (Å²) >= 11 is 0. The molecule has 0 fully saturated rings. The summed E-state index contributed by atoms with van der Waals surface area (Å²) in [6.07, 6.45) is 1.73. The van der Waals surface area contributed by atoms with E-state index in [0.717, 1.165) is 0 Å². The minimum atomic E-state index is -0.492. The lowest BCUT2D eigenvalue weighted by molar-refractivity contribution is 0.296. The average Bonchev–Trinajstić information content (AvgIpc) is 2.09. The van der Waals surface area contributed by atoms with Gasteiger partial charge in [0.2, 0.25) is 5.88 Å². The fourth-order valence-electron chi connectivity index (χ4n) is 0.918. The Kier molecular flexibility index (Phi) is 2.99. The molecule has 0 unspecified atom stereocenters. The zero-order valence-corrected chi connectivity index (χ0v) is 6.75. The van der Waals surface area contributed by atoms with Crippen LogP contribution in [-0.4, -0.2) is 23.8 Å². The smallest absolute Gasteiger partial charge is 0.250 e. The summed E-state index contributed by atoms with van der Waals surface area (Å²) in [5.41, 5.74) is 0.421. The summed E-state index contributed by atoms with van der Waals surface area (Å²) in [7, 11) is 1.36. The van der Waals surface area contributed by atoms with E-state index in [-0.39, 0.29) is 18.9 Å². The molecule has 66 valence electrons. The van der Waals surface area contributed by atoms with Crippen molar-refractivity contribution in [2.75, 3.05) is 13.7 Å². The lowest BCUT2D eigenvalue weighted by Crippen LogP contribution is -1.99. The molecule has 0 amide bonds. The van der Waals surface area contributed by atoms with Crippen molar-refractivity contribution in [3.63, 3.8) is 0 Å². The van der Waals surface area contributed by atoms with Gasteiger partial charge in [0.1, 0.15) is 0 Å². The summed E-state index contributed by atoms with van der Waals surface area (Å²) in [6, 6.07) is 1.52. The molecule has 0 aliphatic carbocycles. The predicted molar refractivity (Wildman–Crippen MR) is 41.5 cm³/mol. The fraction of sp³-hybridized carbons (Fsp3) is 0.375. The van der Waals surface area contributed by atoms with E-state index in [2.05, 4.69) is 9.72 Å². The second-order valence-corrected chi connectivity index (χ2v) is 2.27. The van der Waals surface area contributed by atoms with E-state index in [0.29, 0.717) is 5.56 Å². The van der Waals surface area contributed by atoms with Crippen LogP contribution in [0.15, 0.2) is 12.3 Å². The van der Waals surface area contributed by atoms with Gasteiger partial charge in [-0.25, -0.2) is 9.37 Å². The van der Waals surface area contributed by atoms with Crippen LogP contribution in [0, 0.1) is 5.82 Å². The fourth-order valence-corrected chi connectivity index (χ4v) is 0.918. The van der Waals surface area contributed by atoms with Gasteiger partial charge in [0.15, 0.2) is 5.82 Å². The first-order chi connectivity index (χ1) is 5.79. The zero-order valence-electron chi connectivity index (χ0n) is 6.75. The van der Waals surface area contributed by atoms with Gasteiger partial charge >= 0.3 is 0 Å². The molecule has 0 radical (unpaired) electrons. The van der Waals surface area contributed by atoms with Crippen molar-refractivity contribution >= 4 is 0 Å². The Morgan fingerprint density at radius 3 is 3.00 bits per heavy atom. The van der Waals surface area contributed by atoms with Gasteiger partial charge in [-0.3, -0.25) is 0 Å². The van der Waals surface area contributed by atoms with Crippen LogP contribution in [0.4, 0.5) is 4.39 Å². The third-order valence-corrected chi connectivity index (χ3v) is 1.51. The molecule has 12 heavy (non-hydrogen) atoms. The molecule has 1 aromatic heterocycles. The zero-order chi connectivity index (χ0) is 8.97. The van der Waals surface area contributed by atoms with E-state index in [4.69, 9.17) is 5.11 Å². The van der Waals surface area contributed by atoms with E-state index in [1.165, 1.54) is 19.4 Å². The number of hydrogen-bond acceptors (Lipinski definition) is 3. The molecule has 0 aromatic carbocycles. The van der Waals surface area contributed by atoms with Gasteiger partial charge in [0.25, 0.3) is 0 Å². The Morgan fingerprint density at radius 1 is 1.67 bits per heavy atom. The van der Waals surface area contributed by atoms with E-state index < -0.39 is 5.82 Å². The molecular weight excluding hydrogens is 161 g/mol. The SMILES string of the molecule is COc1nccc(CCO)c1F. The highest BCUT2D eigenvalue weighted by Gasteiger charge is 2.08. The molecule has 4 heteroatoms. The number of aliphatic hydroxyl groups is 1. The first-order valence-electron chi connectivity index (χ1n) is 3.57. The maximum Gasteiger partial charge on any atom is 0.250 e. The van der Waals surface area contributed by atoms with E-state index in [1.54, 1.807) is 0 Å². The van der Waals surface area contributed by atoms with Gasteiger partial charge in [-0.15, -0.1) is 0 Å². The summed E-state index contributed by atoms with van der Waals surface area (Å²) in [5, 5.41) is 8.58. The van der Waals surface area contributed by atoms with E-state index in [1.807, 2.05) is 0 Å². The molecule has 0 bridgehead atoms. The Labute approximate surface area is 69.8 Å². The highest BCUT2D eigenvalue weighted by molar-refractivity contribution is 5.23. The standard InChI is InChI=1S/C8H10FNO2/c1-12-8-7(9)6(3-5-11)2-4-10-8/h2,4,11H,3,5H2,1H3. The van der Waals surface area contributed by atoms with Crippen molar-refractivity contribution in [2.24, 2.45) is 0 Å². The third kappa shape index (κ3) is 1.71. The second-order valence-electron chi connectivity index (χ2n) is 2.27. The second kappa shape index (κ2) is 4.01. The number of ether oxygens (including phenoxy) is 1. The lowest BCUT2D eigenvalue weighted by atomic mass is 10.2. The van der Waals surface area contributed by atoms with Crippen LogP contribution >= 0.6 is 0 Å². The predicted octanol–water partition coefficient (Wildman–Crippen LogP) is 0.764. The molecule has 3 nitrogen and oxygen atoms in total. The van der Waals surface area contributed by atoms with E-state index >= 15 is 0 Å². The van der Waals surface area contributed by atoms with Gasteiger partial charge in [0.05, 0.1) is 7.11 Å². The maximum absolute atomic E-state index is 13.2. The Hall–Kier alpha value is -1.16. The van der Waals surface area contributed by atoms with Crippen LogP contribution in [0.5, 0.6) is 5.88 Å². The van der Waals surface area contributed by atoms with Gasteiger partial charge in [-0.1, -0.05) is 0 Å². The van der Waals surface area contributed by atoms with Crippen molar-refractivity contribution in [3.05, 3.63) is 23.6 Å².